The van der Waals surface area contributed by atoms with Gasteiger partial charge in [0.05, 0.1) is 5.69 Å². The van der Waals surface area contributed by atoms with Crippen LogP contribution in [0.25, 0.3) is 5.76 Å². The lowest BCUT2D eigenvalue weighted by atomic mass is 10.1. The summed E-state index contributed by atoms with van der Waals surface area (Å²) in [6.45, 7) is 11.2. The second-order valence-electron chi connectivity index (χ2n) is 8.22. The van der Waals surface area contributed by atoms with Gasteiger partial charge in [-0.1, -0.05) is 15.9 Å². The molecule has 0 saturated carbocycles. The molecule has 0 bridgehead atoms. The average Bonchev–Trinajstić information content (AvgIpc) is 2.63. The third kappa shape index (κ3) is 6.27. The molecule has 27 heavy (non-hydrogen) atoms. The first-order valence-corrected chi connectivity index (χ1v) is 9.56. The number of amides is 1. The Kier molecular flexibility index (Phi) is 6.24. The van der Waals surface area contributed by atoms with Gasteiger partial charge in [-0.25, -0.2) is 9.59 Å². The number of nitrogens with zero attached hydrogens (tertiary/aromatic N) is 1. The molecule has 1 amide bonds. The maximum Gasteiger partial charge on any atom is 0.514 e. The highest BCUT2D eigenvalue weighted by Gasteiger charge is 2.29. The van der Waals surface area contributed by atoms with Crippen molar-refractivity contribution in [1.82, 2.24) is 0 Å². The number of hydrogen-bond acceptors (Lipinski definition) is 5. The van der Waals surface area contributed by atoms with Gasteiger partial charge in [-0.05, 0) is 72.2 Å². The number of halogens is 1. The van der Waals surface area contributed by atoms with Crippen molar-refractivity contribution in [2.45, 2.75) is 59.2 Å². The SMILES string of the molecule is CC(C)(C)OC(=O)OC1=CCCN(C(=O)OC(C)(C)C)c2ccc(Br)cc21. The van der Waals surface area contributed by atoms with E-state index in [1.54, 1.807) is 43.9 Å². The van der Waals surface area contributed by atoms with Gasteiger partial charge in [-0.3, -0.25) is 4.90 Å². The first-order chi connectivity index (χ1) is 12.4. The molecule has 1 aromatic carbocycles. The van der Waals surface area contributed by atoms with Gasteiger partial charge in [0.25, 0.3) is 0 Å². The highest BCUT2D eigenvalue weighted by molar-refractivity contribution is 9.10. The number of anilines is 1. The van der Waals surface area contributed by atoms with Crippen LogP contribution in [0.3, 0.4) is 0 Å². The summed E-state index contributed by atoms with van der Waals surface area (Å²) in [5.74, 6) is 0.353. The van der Waals surface area contributed by atoms with Crippen LogP contribution >= 0.6 is 15.9 Å². The Balaban J connectivity index is 2.34. The fourth-order valence-corrected chi connectivity index (χ4v) is 2.82. The lowest BCUT2D eigenvalue weighted by Crippen LogP contribution is -2.37. The fraction of sp³-hybridized carbons (Fsp3) is 0.500. The third-order valence-electron chi connectivity index (χ3n) is 3.39. The summed E-state index contributed by atoms with van der Waals surface area (Å²) in [6, 6.07) is 5.42. The van der Waals surface area contributed by atoms with Gasteiger partial charge < -0.3 is 14.2 Å². The van der Waals surface area contributed by atoms with Crippen molar-refractivity contribution in [1.29, 1.82) is 0 Å². The highest BCUT2D eigenvalue weighted by atomic mass is 79.9. The van der Waals surface area contributed by atoms with Crippen molar-refractivity contribution >= 4 is 39.6 Å². The van der Waals surface area contributed by atoms with E-state index in [-0.39, 0.29) is 0 Å². The van der Waals surface area contributed by atoms with Crippen LogP contribution in [0.1, 0.15) is 53.5 Å². The van der Waals surface area contributed by atoms with Crippen molar-refractivity contribution < 1.29 is 23.8 Å². The average molecular weight is 440 g/mol. The van der Waals surface area contributed by atoms with Crippen LogP contribution in [0.2, 0.25) is 0 Å². The molecule has 0 aliphatic carbocycles. The van der Waals surface area contributed by atoms with Crippen molar-refractivity contribution in [3.8, 4) is 0 Å². The fourth-order valence-electron chi connectivity index (χ4n) is 2.46. The van der Waals surface area contributed by atoms with Gasteiger partial charge >= 0.3 is 12.2 Å². The Bertz CT molecular complexity index is 759. The van der Waals surface area contributed by atoms with Crippen LogP contribution in [0, 0.1) is 0 Å². The Morgan fingerprint density at radius 2 is 1.67 bits per heavy atom. The van der Waals surface area contributed by atoms with Gasteiger partial charge in [-0.2, -0.15) is 0 Å². The minimum absolute atomic E-state index is 0.353. The zero-order chi connectivity index (χ0) is 20.4. The van der Waals surface area contributed by atoms with Crippen molar-refractivity contribution in [2.24, 2.45) is 0 Å². The van der Waals surface area contributed by atoms with Crippen LogP contribution in [0.4, 0.5) is 15.3 Å². The molecule has 0 radical (unpaired) electrons. The number of benzene rings is 1. The summed E-state index contributed by atoms with van der Waals surface area (Å²) in [6.07, 6.45) is 1.05. The van der Waals surface area contributed by atoms with Gasteiger partial charge in [0.15, 0.2) is 0 Å². The van der Waals surface area contributed by atoms with Gasteiger partial charge in [0.1, 0.15) is 17.0 Å². The minimum atomic E-state index is -0.787. The van der Waals surface area contributed by atoms with Crippen molar-refractivity contribution in [2.75, 3.05) is 11.4 Å². The van der Waals surface area contributed by atoms with E-state index in [1.807, 2.05) is 26.8 Å². The number of carbonyl (C=O) groups excluding carboxylic acids is 2. The monoisotopic (exact) mass is 439 g/mol. The molecule has 1 aliphatic rings. The Labute approximate surface area is 168 Å². The zero-order valence-corrected chi connectivity index (χ0v) is 18.2. The van der Waals surface area contributed by atoms with Gasteiger partial charge in [0, 0.05) is 16.6 Å². The van der Waals surface area contributed by atoms with Gasteiger partial charge in [-0.15, -0.1) is 0 Å². The quantitative estimate of drug-likeness (QED) is 0.510. The number of carbonyl (C=O) groups is 2. The molecule has 148 valence electrons. The molecule has 0 N–H and O–H groups in total. The van der Waals surface area contributed by atoms with Crippen LogP contribution in [-0.4, -0.2) is 30.0 Å². The summed E-state index contributed by atoms with van der Waals surface area (Å²) in [7, 11) is 0. The molecule has 0 atom stereocenters. The van der Waals surface area contributed by atoms with E-state index in [0.717, 1.165) is 4.47 Å². The molecule has 0 fully saturated rings. The van der Waals surface area contributed by atoms with E-state index < -0.39 is 23.5 Å². The molecule has 1 heterocycles. The molecule has 7 heteroatoms. The predicted octanol–water partition coefficient (Wildman–Crippen LogP) is 5.89. The third-order valence-corrected chi connectivity index (χ3v) is 3.89. The number of fused-ring (bicyclic) bond motifs is 1. The molecule has 6 nitrogen and oxygen atoms in total. The second kappa shape index (κ2) is 7.92. The maximum atomic E-state index is 12.7. The van der Waals surface area contributed by atoms with Gasteiger partial charge in [0.2, 0.25) is 0 Å². The Morgan fingerprint density at radius 3 is 2.26 bits per heavy atom. The standard InChI is InChI=1S/C20H26BrNO5/c1-19(2,3)26-17(23)22-11-7-8-16(25-18(24)27-20(4,5)6)14-12-13(21)9-10-15(14)22/h8-10,12H,7,11H2,1-6H3. The van der Waals surface area contributed by atoms with E-state index >= 15 is 0 Å². The maximum absolute atomic E-state index is 12.7. The second-order valence-corrected chi connectivity index (χ2v) is 9.13. The van der Waals surface area contributed by atoms with Crippen molar-refractivity contribution in [3.05, 3.63) is 34.3 Å². The molecule has 0 saturated heterocycles. The largest absolute Gasteiger partial charge is 0.514 e. The molecule has 1 aliphatic heterocycles. The number of hydrogen-bond donors (Lipinski definition) is 0. The zero-order valence-electron chi connectivity index (χ0n) is 16.6. The first-order valence-electron chi connectivity index (χ1n) is 8.77. The summed E-state index contributed by atoms with van der Waals surface area (Å²) in [5, 5.41) is 0. The molecule has 1 aromatic rings. The summed E-state index contributed by atoms with van der Waals surface area (Å²) < 4.78 is 17.0. The first kappa shape index (κ1) is 21.3. The number of ether oxygens (including phenoxy) is 3. The molecular weight excluding hydrogens is 414 g/mol. The summed E-state index contributed by atoms with van der Waals surface area (Å²) >= 11 is 3.43. The topological polar surface area (TPSA) is 65.1 Å². The van der Waals surface area contributed by atoms with Crippen LogP contribution in [0.5, 0.6) is 0 Å². The van der Waals surface area contributed by atoms with Crippen LogP contribution < -0.4 is 4.90 Å². The molecular formula is C20H26BrNO5. The van der Waals surface area contributed by atoms with E-state index in [1.165, 1.54) is 0 Å². The van der Waals surface area contributed by atoms with Crippen LogP contribution in [-0.2, 0) is 14.2 Å². The lowest BCUT2D eigenvalue weighted by Gasteiger charge is -2.27. The normalized spacial score (nSPS) is 14.6. The summed E-state index contributed by atoms with van der Waals surface area (Å²) in [4.78, 5) is 26.4. The predicted molar refractivity (Wildman–Crippen MR) is 108 cm³/mol. The van der Waals surface area contributed by atoms with E-state index in [0.29, 0.717) is 30.0 Å². The van der Waals surface area contributed by atoms with E-state index in [4.69, 9.17) is 14.2 Å². The Hall–Kier alpha value is -2.02. The lowest BCUT2D eigenvalue weighted by molar-refractivity contribution is 0.0147. The molecule has 2 rings (SSSR count). The van der Waals surface area contributed by atoms with E-state index in [2.05, 4.69) is 15.9 Å². The smallest absolute Gasteiger partial charge is 0.443 e. The minimum Gasteiger partial charge on any atom is -0.443 e. The van der Waals surface area contributed by atoms with Crippen molar-refractivity contribution in [3.63, 3.8) is 0 Å². The van der Waals surface area contributed by atoms with Crippen LogP contribution in [0.15, 0.2) is 28.7 Å². The Morgan fingerprint density at radius 1 is 1.04 bits per heavy atom. The van der Waals surface area contributed by atoms with E-state index in [9.17, 15) is 9.59 Å². The summed E-state index contributed by atoms with van der Waals surface area (Å²) in [5.41, 5.74) is -0.0499. The molecule has 0 unspecified atom stereocenters. The molecule has 0 spiro atoms. The molecule has 0 aromatic heterocycles. The highest BCUT2D eigenvalue weighted by Crippen LogP contribution is 2.35. The number of rotatable bonds is 1.